The fourth-order valence-corrected chi connectivity index (χ4v) is 5.14. The van der Waals surface area contributed by atoms with Crippen LogP contribution in [0.1, 0.15) is 37.6 Å². The molecule has 206 valence electrons. The van der Waals surface area contributed by atoms with E-state index < -0.39 is 0 Å². The molecular formula is C33H29N3O5. The van der Waals surface area contributed by atoms with Crippen LogP contribution < -0.4 is 9.64 Å². The Balaban J connectivity index is 1.15. The predicted octanol–water partition coefficient (Wildman–Crippen LogP) is 5.15. The van der Waals surface area contributed by atoms with Crippen LogP contribution in [0.3, 0.4) is 0 Å². The second-order valence-electron chi connectivity index (χ2n) is 10.1. The van der Waals surface area contributed by atoms with Crippen LogP contribution in [0.5, 0.6) is 5.75 Å². The molecule has 1 saturated heterocycles. The zero-order valence-corrected chi connectivity index (χ0v) is 22.7. The summed E-state index contributed by atoms with van der Waals surface area (Å²) in [6.07, 6.45) is 3.18. The summed E-state index contributed by atoms with van der Waals surface area (Å²) in [6, 6.07) is 26.0. The van der Waals surface area contributed by atoms with Gasteiger partial charge in [0.25, 0.3) is 17.7 Å². The lowest BCUT2D eigenvalue weighted by Gasteiger charge is -2.34. The van der Waals surface area contributed by atoms with E-state index >= 15 is 0 Å². The number of anilines is 1. The van der Waals surface area contributed by atoms with Crippen molar-refractivity contribution in [1.29, 1.82) is 0 Å². The van der Waals surface area contributed by atoms with Gasteiger partial charge in [-0.2, -0.15) is 0 Å². The third-order valence-electron chi connectivity index (χ3n) is 7.30. The van der Waals surface area contributed by atoms with Gasteiger partial charge in [-0.05, 0) is 60.5 Å². The van der Waals surface area contributed by atoms with Gasteiger partial charge in [-0.3, -0.25) is 19.3 Å². The second kappa shape index (κ2) is 11.2. The van der Waals surface area contributed by atoms with Crippen molar-refractivity contribution in [3.05, 3.63) is 125 Å². The summed E-state index contributed by atoms with van der Waals surface area (Å²) in [5.41, 5.74) is 4.17. The van der Waals surface area contributed by atoms with E-state index in [0.717, 1.165) is 22.4 Å². The van der Waals surface area contributed by atoms with E-state index in [1.165, 1.54) is 6.26 Å². The minimum Gasteiger partial charge on any atom is -0.459 e. The average molecular weight is 548 g/mol. The number of hydrogen-bond donors (Lipinski definition) is 0. The lowest BCUT2D eigenvalue weighted by Crippen LogP contribution is -2.50. The lowest BCUT2D eigenvalue weighted by atomic mass is 10.1. The van der Waals surface area contributed by atoms with E-state index in [1.807, 2.05) is 49.4 Å². The maximum Gasteiger partial charge on any atom is 0.294 e. The van der Waals surface area contributed by atoms with Crippen molar-refractivity contribution in [3.8, 4) is 5.75 Å². The van der Waals surface area contributed by atoms with Gasteiger partial charge in [-0.1, -0.05) is 54.1 Å². The van der Waals surface area contributed by atoms with Crippen molar-refractivity contribution >= 4 is 29.5 Å². The molecule has 0 aliphatic carbocycles. The maximum atomic E-state index is 13.6. The van der Waals surface area contributed by atoms with Crippen LogP contribution in [0.4, 0.5) is 5.69 Å². The lowest BCUT2D eigenvalue weighted by molar-refractivity contribution is -0.117. The van der Waals surface area contributed by atoms with Crippen LogP contribution in [0.15, 0.2) is 101 Å². The number of rotatable bonds is 5. The van der Waals surface area contributed by atoms with E-state index in [9.17, 15) is 14.4 Å². The number of para-hydroxylation sites is 2. The highest BCUT2D eigenvalue weighted by Crippen LogP contribution is 2.36. The third-order valence-corrected chi connectivity index (χ3v) is 7.30. The first-order chi connectivity index (χ1) is 20.0. The highest BCUT2D eigenvalue weighted by atomic mass is 16.5. The molecule has 0 atom stereocenters. The third kappa shape index (κ3) is 5.49. The number of piperazine rings is 1. The monoisotopic (exact) mass is 547 g/mol. The molecule has 2 aliphatic heterocycles. The quantitative estimate of drug-likeness (QED) is 0.323. The molecule has 3 heterocycles. The first-order valence-electron chi connectivity index (χ1n) is 13.5. The van der Waals surface area contributed by atoms with Crippen molar-refractivity contribution in [2.75, 3.05) is 31.1 Å². The van der Waals surface area contributed by atoms with Crippen LogP contribution >= 0.6 is 0 Å². The molecule has 4 aromatic rings. The fourth-order valence-electron chi connectivity index (χ4n) is 5.14. The SMILES string of the molecule is Cc1cccc(CN2C(=O)/C(=C\c3ccc(C(=O)N4CCN(C(=O)c5ccco5)CC4)cc3)Oc3ccccc32)c1. The molecule has 1 fully saturated rings. The molecule has 6 rings (SSSR count). The van der Waals surface area contributed by atoms with Crippen LogP contribution in [-0.4, -0.2) is 53.7 Å². The van der Waals surface area contributed by atoms with Gasteiger partial charge in [-0.25, -0.2) is 0 Å². The summed E-state index contributed by atoms with van der Waals surface area (Å²) in [7, 11) is 0. The Bertz CT molecular complexity index is 1620. The van der Waals surface area contributed by atoms with Crippen molar-refractivity contribution in [1.82, 2.24) is 9.80 Å². The number of fused-ring (bicyclic) bond motifs is 1. The zero-order valence-electron chi connectivity index (χ0n) is 22.7. The zero-order chi connectivity index (χ0) is 28.3. The topological polar surface area (TPSA) is 83.3 Å². The Labute approximate surface area is 238 Å². The summed E-state index contributed by atoms with van der Waals surface area (Å²) in [6.45, 7) is 4.21. The normalized spacial score (nSPS) is 16.0. The summed E-state index contributed by atoms with van der Waals surface area (Å²) in [5.74, 6) is 0.635. The standard InChI is InChI=1S/C33H29N3O5/c1-23-6-4-7-25(20-23)22-36-27-8-2-3-9-28(27)41-30(33(36)39)21-24-11-13-26(14-12-24)31(37)34-15-17-35(18-16-34)32(38)29-10-5-19-40-29/h2-14,19-21H,15-18,22H2,1H3/b30-21+. The number of furan rings is 1. The summed E-state index contributed by atoms with van der Waals surface area (Å²) in [4.78, 5) is 44.4. The van der Waals surface area contributed by atoms with Gasteiger partial charge in [0.2, 0.25) is 0 Å². The van der Waals surface area contributed by atoms with E-state index in [-0.39, 0.29) is 23.5 Å². The van der Waals surface area contributed by atoms with Gasteiger partial charge in [0, 0.05) is 31.7 Å². The molecule has 2 aliphatic rings. The number of carbonyl (C=O) groups excluding carboxylic acids is 3. The molecular weight excluding hydrogens is 518 g/mol. The largest absolute Gasteiger partial charge is 0.459 e. The smallest absolute Gasteiger partial charge is 0.294 e. The first-order valence-corrected chi connectivity index (χ1v) is 13.5. The van der Waals surface area contributed by atoms with Gasteiger partial charge >= 0.3 is 0 Å². The van der Waals surface area contributed by atoms with Gasteiger partial charge in [0.1, 0.15) is 0 Å². The van der Waals surface area contributed by atoms with Gasteiger partial charge in [-0.15, -0.1) is 0 Å². The number of carbonyl (C=O) groups is 3. The van der Waals surface area contributed by atoms with Gasteiger partial charge < -0.3 is 19.0 Å². The Kier molecular flexibility index (Phi) is 7.12. The highest BCUT2D eigenvalue weighted by molar-refractivity contribution is 6.09. The molecule has 3 amide bonds. The molecule has 1 aromatic heterocycles. The van der Waals surface area contributed by atoms with Gasteiger partial charge in [0.15, 0.2) is 17.3 Å². The van der Waals surface area contributed by atoms with Crippen LogP contribution in [0.2, 0.25) is 0 Å². The molecule has 41 heavy (non-hydrogen) atoms. The number of nitrogens with zero attached hydrogens (tertiary/aromatic N) is 3. The Hall–Kier alpha value is -5.11. The van der Waals surface area contributed by atoms with Crippen LogP contribution in [0, 0.1) is 6.92 Å². The number of ether oxygens (including phenoxy) is 1. The Morgan fingerprint density at radius 3 is 2.27 bits per heavy atom. The van der Waals surface area contributed by atoms with E-state index in [1.54, 1.807) is 57.2 Å². The predicted molar refractivity (Wildman–Crippen MR) is 154 cm³/mol. The first kappa shape index (κ1) is 26.1. The molecule has 3 aromatic carbocycles. The van der Waals surface area contributed by atoms with Crippen molar-refractivity contribution in [2.45, 2.75) is 13.5 Å². The molecule has 0 bridgehead atoms. The number of amides is 3. The van der Waals surface area contributed by atoms with Crippen molar-refractivity contribution < 1.29 is 23.5 Å². The Morgan fingerprint density at radius 1 is 0.829 bits per heavy atom. The minimum absolute atomic E-state index is 0.0995. The second-order valence-corrected chi connectivity index (χ2v) is 10.1. The number of benzene rings is 3. The maximum absolute atomic E-state index is 13.6. The molecule has 0 N–H and O–H groups in total. The Morgan fingerprint density at radius 2 is 1.56 bits per heavy atom. The summed E-state index contributed by atoms with van der Waals surface area (Å²) >= 11 is 0. The van der Waals surface area contributed by atoms with Crippen LogP contribution in [0.25, 0.3) is 6.08 Å². The molecule has 0 unspecified atom stereocenters. The average Bonchev–Trinajstić information content (AvgIpc) is 3.54. The molecule has 0 radical (unpaired) electrons. The van der Waals surface area contributed by atoms with Crippen molar-refractivity contribution in [3.63, 3.8) is 0 Å². The van der Waals surface area contributed by atoms with Crippen molar-refractivity contribution in [2.24, 2.45) is 0 Å². The summed E-state index contributed by atoms with van der Waals surface area (Å²) in [5, 5.41) is 0. The van der Waals surface area contributed by atoms with E-state index in [2.05, 4.69) is 6.07 Å². The molecule has 8 heteroatoms. The molecule has 0 spiro atoms. The van der Waals surface area contributed by atoms with E-state index in [0.29, 0.717) is 49.8 Å². The molecule has 0 saturated carbocycles. The van der Waals surface area contributed by atoms with E-state index in [4.69, 9.17) is 9.15 Å². The summed E-state index contributed by atoms with van der Waals surface area (Å²) < 4.78 is 11.2. The minimum atomic E-state index is -0.229. The highest BCUT2D eigenvalue weighted by Gasteiger charge is 2.30. The van der Waals surface area contributed by atoms with Crippen LogP contribution in [-0.2, 0) is 11.3 Å². The number of aryl methyl sites for hydroxylation is 1. The fraction of sp³-hybridized carbons (Fsp3) is 0.182. The van der Waals surface area contributed by atoms with Gasteiger partial charge in [0.05, 0.1) is 18.5 Å². The number of hydrogen-bond acceptors (Lipinski definition) is 5. The molecule has 8 nitrogen and oxygen atoms in total.